The minimum absolute atomic E-state index is 0.0997. The average molecular weight is 494 g/mol. The maximum absolute atomic E-state index is 12.7. The SMILES string of the molecule is COc1ccc(NS(=O)(=O)c2ccc(NC(=O)c3ccc(CN4CCC[C@@H](C)C4)cc3)cc2)cc1. The van der Waals surface area contributed by atoms with Gasteiger partial charge in [-0.15, -0.1) is 0 Å². The number of carbonyl (C=O) groups excluding carboxylic acids is 1. The Hall–Kier alpha value is -3.36. The maximum atomic E-state index is 12.7. The third-order valence-corrected chi connectivity index (χ3v) is 7.53. The van der Waals surface area contributed by atoms with E-state index in [1.807, 2.05) is 24.3 Å². The number of methoxy groups -OCH3 is 1. The van der Waals surface area contributed by atoms with Gasteiger partial charge >= 0.3 is 0 Å². The van der Waals surface area contributed by atoms with Crippen LogP contribution in [0.15, 0.2) is 77.7 Å². The zero-order valence-electron chi connectivity index (χ0n) is 20.0. The highest BCUT2D eigenvalue weighted by Crippen LogP contribution is 2.21. The lowest BCUT2D eigenvalue weighted by Crippen LogP contribution is -2.33. The Morgan fingerprint density at radius 2 is 1.63 bits per heavy atom. The number of piperidine rings is 1. The van der Waals surface area contributed by atoms with E-state index in [2.05, 4.69) is 21.9 Å². The summed E-state index contributed by atoms with van der Waals surface area (Å²) in [6.07, 6.45) is 2.53. The van der Waals surface area contributed by atoms with E-state index in [1.54, 1.807) is 43.5 Å². The van der Waals surface area contributed by atoms with E-state index in [0.717, 1.165) is 25.6 Å². The van der Waals surface area contributed by atoms with Crippen LogP contribution in [0.3, 0.4) is 0 Å². The Bertz CT molecular complexity index is 1240. The third-order valence-electron chi connectivity index (χ3n) is 6.13. The second-order valence-corrected chi connectivity index (χ2v) is 10.7. The fraction of sp³-hybridized carbons (Fsp3) is 0.296. The van der Waals surface area contributed by atoms with Crippen LogP contribution in [0, 0.1) is 5.92 Å². The quantitative estimate of drug-likeness (QED) is 0.462. The fourth-order valence-electron chi connectivity index (χ4n) is 4.24. The molecule has 1 fully saturated rings. The number of carbonyl (C=O) groups is 1. The van der Waals surface area contributed by atoms with Crippen molar-refractivity contribution in [2.24, 2.45) is 5.92 Å². The zero-order chi connectivity index (χ0) is 24.8. The Kier molecular flexibility index (Phi) is 7.73. The van der Waals surface area contributed by atoms with Crippen LogP contribution in [0.25, 0.3) is 0 Å². The summed E-state index contributed by atoms with van der Waals surface area (Å²) in [4.78, 5) is 15.2. The molecule has 0 unspecified atom stereocenters. The molecule has 0 radical (unpaired) electrons. The fourth-order valence-corrected chi connectivity index (χ4v) is 5.30. The number of nitrogens with one attached hydrogen (secondary N) is 2. The lowest BCUT2D eigenvalue weighted by Gasteiger charge is -2.30. The molecule has 1 aliphatic rings. The summed E-state index contributed by atoms with van der Waals surface area (Å²) in [5.74, 6) is 1.13. The Labute approximate surface area is 207 Å². The van der Waals surface area contributed by atoms with Gasteiger partial charge in [-0.2, -0.15) is 0 Å². The minimum atomic E-state index is -3.76. The van der Waals surface area contributed by atoms with Crippen molar-refractivity contribution in [3.8, 4) is 5.75 Å². The molecule has 1 atom stereocenters. The van der Waals surface area contributed by atoms with E-state index in [9.17, 15) is 13.2 Å². The van der Waals surface area contributed by atoms with Gasteiger partial charge in [0.15, 0.2) is 0 Å². The summed E-state index contributed by atoms with van der Waals surface area (Å²) < 4.78 is 33.0. The Morgan fingerprint density at radius 1 is 0.971 bits per heavy atom. The Balaban J connectivity index is 1.34. The number of anilines is 2. The monoisotopic (exact) mass is 493 g/mol. The van der Waals surface area contributed by atoms with Gasteiger partial charge in [0.2, 0.25) is 0 Å². The molecule has 184 valence electrons. The lowest BCUT2D eigenvalue weighted by atomic mass is 9.99. The molecule has 4 rings (SSSR count). The Morgan fingerprint density at radius 3 is 2.26 bits per heavy atom. The first-order valence-electron chi connectivity index (χ1n) is 11.7. The van der Waals surface area contributed by atoms with Crippen molar-refractivity contribution in [1.29, 1.82) is 0 Å². The second-order valence-electron chi connectivity index (χ2n) is 8.99. The maximum Gasteiger partial charge on any atom is 0.261 e. The van der Waals surface area contributed by atoms with Crippen molar-refractivity contribution >= 4 is 27.3 Å². The molecule has 1 heterocycles. The topological polar surface area (TPSA) is 87.7 Å². The first kappa shape index (κ1) is 24.8. The predicted molar refractivity (Wildman–Crippen MR) is 138 cm³/mol. The highest BCUT2D eigenvalue weighted by atomic mass is 32.2. The summed E-state index contributed by atoms with van der Waals surface area (Å²) in [6, 6.07) is 20.3. The molecule has 2 N–H and O–H groups in total. The number of hydrogen-bond donors (Lipinski definition) is 2. The number of benzene rings is 3. The third kappa shape index (κ3) is 6.61. The number of nitrogens with zero attached hydrogens (tertiary/aromatic N) is 1. The van der Waals surface area contributed by atoms with Crippen LogP contribution in [-0.4, -0.2) is 39.4 Å². The predicted octanol–water partition coefficient (Wildman–Crippen LogP) is 4.98. The van der Waals surface area contributed by atoms with Crippen LogP contribution in [0.5, 0.6) is 5.75 Å². The zero-order valence-corrected chi connectivity index (χ0v) is 20.8. The number of sulfonamides is 1. The largest absolute Gasteiger partial charge is 0.497 e. The molecular weight excluding hydrogens is 462 g/mol. The highest BCUT2D eigenvalue weighted by Gasteiger charge is 2.17. The molecule has 8 heteroatoms. The van der Waals surface area contributed by atoms with E-state index in [0.29, 0.717) is 22.7 Å². The molecule has 7 nitrogen and oxygen atoms in total. The van der Waals surface area contributed by atoms with E-state index < -0.39 is 10.0 Å². The van der Waals surface area contributed by atoms with E-state index in [-0.39, 0.29) is 10.8 Å². The molecular formula is C27H31N3O4S. The normalized spacial score (nSPS) is 16.5. The van der Waals surface area contributed by atoms with Crippen molar-refractivity contribution in [3.05, 3.63) is 83.9 Å². The smallest absolute Gasteiger partial charge is 0.261 e. The molecule has 0 saturated carbocycles. The van der Waals surface area contributed by atoms with Gasteiger partial charge in [0.1, 0.15) is 5.75 Å². The number of rotatable bonds is 8. The van der Waals surface area contributed by atoms with Gasteiger partial charge in [-0.3, -0.25) is 14.4 Å². The van der Waals surface area contributed by atoms with Crippen LogP contribution >= 0.6 is 0 Å². The summed E-state index contributed by atoms with van der Waals surface area (Å²) in [5, 5.41) is 2.83. The van der Waals surface area contributed by atoms with E-state index >= 15 is 0 Å². The van der Waals surface area contributed by atoms with Gasteiger partial charge in [-0.05, 0) is 91.5 Å². The van der Waals surface area contributed by atoms with Crippen LogP contribution in [0.2, 0.25) is 0 Å². The van der Waals surface area contributed by atoms with Crippen molar-refractivity contribution < 1.29 is 17.9 Å². The molecule has 1 saturated heterocycles. The van der Waals surface area contributed by atoms with Crippen molar-refractivity contribution in [2.75, 3.05) is 30.2 Å². The van der Waals surface area contributed by atoms with Crippen molar-refractivity contribution in [3.63, 3.8) is 0 Å². The van der Waals surface area contributed by atoms with E-state index in [1.165, 1.54) is 30.5 Å². The van der Waals surface area contributed by atoms with Gasteiger partial charge in [-0.25, -0.2) is 8.42 Å². The van der Waals surface area contributed by atoms with Gasteiger partial charge in [-0.1, -0.05) is 19.1 Å². The summed E-state index contributed by atoms with van der Waals surface area (Å²) in [5.41, 5.74) is 2.69. The summed E-state index contributed by atoms with van der Waals surface area (Å²) in [6.45, 7) is 5.42. The molecule has 0 bridgehead atoms. The molecule has 0 spiro atoms. The van der Waals surface area contributed by atoms with Gasteiger partial charge < -0.3 is 10.1 Å². The van der Waals surface area contributed by atoms with Gasteiger partial charge in [0.05, 0.1) is 12.0 Å². The molecule has 3 aromatic carbocycles. The molecule has 0 aliphatic carbocycles. The van der Waals surface area contributed by atoms with Gasteiger partial charge in [0.25, 0.3) is 15.9 Å². The molecule has 1 amide bonds. The van der Waals surface area contributed by atoms with Crippen LogP contribution in [0.4, 0.5) is 11.4 Å². The molecule has 1 aliphatic heterocycles. The standard InChI is InChI=1S/C27H31N3O4S/c1-20-4-3-17-30(18-20)19-21-5-7-22(8-6-21)27(31)28-23-11-15-26(16-12-23)35(32,33)29-24-9-13-25(34-2)14-10-24/h5-16,20,29H,3-4,17-19H2,1-2H3,(H,28,31)/t20-/m1/s1. The first-order chi connectivity index (χ1) is 16.8. The highest BCUT2D eigenvalue weighted by molar-refractivity contribution is 7.92. The molecule has 0 aromatic heterocycles. The van der Waals surface area contributed by atoms with Crippen LogP contribution in [0.1, 0.15) is 35.7 Å². The van der Waals surface area contributed by atoms with Crippen molar-refractivity contribution in [2.45, 2.75) is 31.2 Å². The van der Waals surface area contributed by atoms with Crippen LogP contribution < -0.4 is 14.8 Å². The number of hydrogen-bond acceptors (Lipinski definition) is 5. The summed E-state index contributed by atoms with van der Waals surface area (Å²) in [7, 11) is -2.21. The number of amides is 1. The summed E-state index contributed by atoms with van der Waals surface area (Å²) >= 11 is 0. The van der Waals surface area contributed by atoms with Crippen molar-refractivity contribution in [1.82, 2.24) is 4.90 Å². The van der Waals surface area contributed by atoms with E-state index in [4.69, 9.17) is 4.74 Å². The first-order valence-corrected chi connectivity index (χ1v) is 13.2. The number of likely N-dealkylation sites (tertiary alicyclic amines) is 1. The molecule has 3 aromatic rings. The van der Waals surface area contributed by atoms with Gasteiger partial charge in [0, 0.05) is 30.0 Å². The number of ether oxygens (including phenoxy) is 1. The lowest BCUT2D eigenvalue weighted by molar-refractivity contribution is 0.102. The molecule has 35 heavy (non-hydrogen) atoms. The van der Waals surface area contributed by atoms with Crippen LogP contribution in [-0.2, 0) is 16.6 Å². The second kappa shape index (κ2) is 10.9. The average Bonchev–Trinajstić information content (AvgIpc) is 2.85. The minimum Gasteiger partial charge on any atom is -0.497 e.